The van der Waals surface area contributed by atoms with Crippen LogP contribution >= 0.6 is 0 Å². The lowest BCUT2D eigenvalue weighted by Gasteiger charge is -2.19. The van der Waals surface area contributed by atoms with Gasteiger partial charge in [0, 0.05) is 51.9 Å². The van der Waals surface area contributed by atoms with Crippen molar-refractivity contribution in [2.75, 3.05) is 18.1 Å². The second-order valence-corrected chi connectivity index (χ2v) is 13.2. The average Bonchev–Trinajstić information content (AvgIpc) is 3.42. The van der Waals surface area contributed by atoms with Gasteiger partial charge in [0.1, 0.15) is 22.8 Å². The van der Waals surface area contributed by atoms with Crippen LogP contribution < -0.4 is 9.46 Å². The molecule has 0 fully saturated rings. The smallest absolute Gasteiger partial charge is 0.420 e. The molecular formula is C31H33FN6O5S. The van der Waals surface area contributed by atoms with Crippen molar-refractivity contribution in [3.8, 4) is 28.1 Å². The number of methoxy groups -OCH3 is 1. The van der Waals surface area contributed by atoms with Gasteiger partial charge in [0.15, 0.2) is 0 Å². The number of aryl methyl sites for hydroxylation is 1. The minimum Gasteiger partial charge on any atom is -0.480 e. The number of ether oxygens (including phenoxy) is 2. The van der Waals surface area contributed by atoms with E-state index in [4.69, 9.17) is 14.6 Å². The monoisotopic (exact) mass is 620 g/mol. The van der Waals surface area contributed by atoms with Crippen LogP contribution in [-0.2, 0) is 21.3 Å². The molecule has 0 unspecified atom stereocenters. The summed E-state index contributed by atoms with van der Waals surface area (Å²) in [6, 6.07) is 9.81. The van der Waals surface area contributed by atoms with Gasteiger partial charge in [-0.05, 0) is 64.4 Å². The van der Waals surface area contributed by atoms with Gasteiger partial charge in [0.2, 0.25) is 15.9 Å². The number of pyridine rings is 2. The lowest BCUT2D eigenvalue weighted by molar-refractivity contribution is 0.0543. The number of sulfonamides is 1. The fraction of sp³-hybridized carbons (Fsp3) is 0.290. The first-order chi connectivity index (χ1) is 20.6. The van der Waals surface area contributed by atoms with Gasteiger partial charge in [-0.3, -0.25) is 9.40 Å². The van der Waals surface area contributed by atoms with E-state index in [0.29, 0.717) is 40.0 Å². The van der Waals surface area contributed by atoms with Gasteiger partial charge < -0.3 is 9.47 Å². The summed E-state index contributed by atoms with van der Waals surface area (Å²) in [4.78, 5) is 22.2. The molecule has 1 N–H and O–H groups in total. The van der Waals surface area contributed by atoms with Gasteiger partial charge in [-0.2, -0.15) is 5.10 Å². The summed E-state index contributed by atoms with van der Waals surface area (Å²) >= 11 is 0. The van der Waals surface area contributed by atoms with Crippen molar-refractivity contribution in [2.24, 2.45) is 0 Å². The third-order valence-corrected chi connectivity index (χ3v) is 7.37. The number of aromatic nitrogens is 5. The third kappa shape index (κ3) is 6.42. The van der Waals surface area contributed by atoms with E-state index >= 15 is 0 Å². The first-order valence-corrected chi connectivity index (χ1v) is 15.6. The molecule has 0 atom stereocenters. The number of carbonyl (C=O) groups excluding carboxylic acids is 1. The molecule has 5 aromatic rings. The zero-order valence-electron chi connectivity index (χ0n) is 25.5. The number of hydrogen-bond donors (Lipinski definition) is 1. The van der Waals surface area contributed by atoms with E-state index in [0.717, 1.165) is 23.1 Å². The van der Waals surface area contributed by atoms with Gasteiger partial charge in [-0.25, -0.2) is 32.1 Å². The molecular weight excluding hydrogens is 587 g/mol. The minimum absolute atomic E-state index is 0.113. The molecule has 0 spiro atoms. The molecule has 13 heteroatoms. The van der Waals surface area contributed by atoms with Crippen LogP contribution in [0.2, 0.25) is 0 Å². The van der Waals surface area contributed by atoms with Crippen LogP contribution in [0, 0.1) is 19.7 Å². The molecule has 4 heterocycles. The van der Waals surface area contributed by atoms with Crippen molar-refractivity contribution in [1.82, 2.24) is 24.3 Å². The van der Waals surface area contributed by atoms with Crippen LogP contribution in [0.3, 0.4) is 0 Å². The fourth-order valence-corrected chi connectivity index (χ4v) is 5.56. The van der Waals surface area contributed by atoms with Gasteiger partial charge in [0.05, 0.1) is 25.6 Å². The SMILES string of the molecule is COc1ncc(-c2cnc3c(c2)c(-c2c(C)nn(Cc4cccc(F)c4)c2C)cn3C(=O)OC(C)(C)C)cc1NS(C)(=O)=O. The Balaban J connectivity index is 1.68. The molecule has 0 saturated carbocycles. The lowest BCUT2D eigenvalue weighted by Crippen LogP contribution is -2.26. The summed E-state index contributed by atoms with van der Waals surface area (Å²) in [7, 11) is -2.21. The van der Waals surface area contributed by atoms with Crippen LogP contribution in [0.15, 0.2) is 55.0 Å². The number of nitrogens with zero attached hydrogens (tertiary/aromatic N) is 5. The summed E-state index contributed by atoms with van der Waals surface area (Å²) in [5.74, 6) is -0.215. The minimum atomic E-state index is -3.61. The molecule has 5 rings (SSSR count). The number of anilines is 1. The van der Waals surface area contributed by atoms with Crippen molar-refractivity contribution >= 4 is 32.8 Å². The fourth-order valence-electron chi connectivity index (χ4n) is 5.01. The summed E-state index contributed by atoms with van der Waals surface area (Å²) in [6.45, 7) is 9.49. The lowest BCUT2D eigenvalue weighted by atomic mass is 10.0. The van der Waals surface area contributed by atoms with Gasteiger partial charge in [-0.15, -0.1) is 0 Å². The predicted octanol–water partition coefficient (Wildman–Crippen LogP) is 5.93. The molecule has 0 radical (unpaired) electrons. The van der Waals surface area contributed by atoms with E-state index in [2.05, 4.69) is 14.7 Å². The molecule has 0 aliphatic heterocycles. The van der Waals surface area contributed by atoms with Crippen LogP contribution in [0.25, 0.3) is 33.3 Å². The largest absolute Gasteiger partial charge is 0.480 e. The van der Waals surface area contributed by atoms with E-state index in [1.807, 2.05) is 26.0 Å². The predicted molar refractivity (Wildman–Crippen MR) is 166 cm³/mol. The quantitative estimate of drug-likeness (QED) is 0.237. The zero-order chi connectivity index (χ0) is 32.0. The van der Waals surface area contributed by atoms with Gasteiger partial charge >= 0.3 is 6.09 Å². The van der Waals surface area contributed by atoms with E-state index < -0.39 is 21.7 Å². The normalized spacial score (nSPS) is 12.0. The summed E-state index contributed by atoms with van der Waals surface area (Å²) < 4.78 is 54.4. The molecule has 0 amide bonds. The molecule has 11 nitrogen and oxygen atoms in total. The molecule has 44 heavy (non-hydrogen) atoms. The Kier molecular flexibility index (Phi) is 7.93. The van der Waals surface area contributed by atoms with Crippen molar-refractivity contribution in [3.63, 3.8) is 0 Å². The van der Waals surface area contributed by atoms with Crippen LogP contribution in [-0.4, -0.2) is 57.8 Å². The van der Waals surface area contributed by atoms with Crippen molar-refractivity contribution in [3.05, 3.63) is 77.8 Å². The van der Waals surface area contributed by atoms with E-state index in [1.165, 1.54) is 23.8 Å². The molecule has 0 saturated heterocycles. The molecule has 230 valence electrons. The summed E-state index contributed by atoms with van der Waals surface area (Å²) in [6.07, 6.45) is 5.25. The second kappa shape index (κ2) is 11.4. The van der Waals surface area contributed by atoms with Crippen molar-refractivity contribution < 1.29 is 27.1 Å². The molecule has 0 aliphatic carbocycles. The molecule has 1 aromatic carbocycles. The molecule has 4 aromatic heterocycles. The average molecular weight is 621 g/mol. The Labute approximate surface area is 254 Å². The first-order valence-electron chi connectivity index (χ1n) is 13.7. The van der Waals surface area contributed by atoms with Crippen LogP contribution in [0.5, 0.6) is 5.88 Å². The number of benzene rings is 1. The van der Waals surface area contributed by atoms with Gasteiger partial charge in [0.25, 0.3) is 0 Å². The number of hydrogen-bond acceptors (Lipinski definition) is 8. The maximum atomic E-state index is 13.9. The van der Waals surface area contributed by atoms with E-state index in [1.54, 1.807) is 56.2 Å². The Morgan fingerprint density at radius 1 is 1.07 bits per heavy atom. The number of fused-ring (bicyclic) bond motifs is 1. The number of nitrogens with one attached hydrogen (secondary N) is 1. The Morgan fingerprint density at radius 2 is 1.77 bits per heavy atom. The Hall–Kier alpha value is -4.78. The highest BCUT2D eigenvalue weighted by Gasteiger charge is 2.25. The summed E-state index contributed by atoms with van der Waals surface area (Å²) in [5, 5.41) is 5.37. The third-order valence-electron chi connectivity index (χ3n) is 6.78. The van der Waals surface area contributed by atoms with Crippen LogP contribution in [0.1, 0.15) is 37.7 Å². The standard InChI is InChI=1S/C31H33FN6O5S/c1-18-27(19(2)38(35-18)16-20-9-8-10-23(32)11-20)25-17-37(30(39)43-31(3,4)5)28-24(25)12-21(14-33-28)22-13-26(36-44(7,40)41)29(42-6)34-15-22/h8-15,17,36H,16H2,1-7H3. The number of carbonyl (C=O) groups is 1. The topological polar surface area (TPSA) is 130 Å². The molecule has 0 bridgehead atoms. The van der Waals surface area contributed by atoms with E-state index in [9.17, 15) is 17.6 Å². The maximum Gasteiger partial charge on any atom is 0.420 e. The Bertz CT molecular complexity index is 2010. The highest BCUT2D eigenvalue weighted by atomic mass is 32.2. The second-order valence-electron chi connectivity index (χ2n) is 11.5. The number of rotatable bonds is 7. The Morgan fingerprint density at radius 3 is 2.43 bits per heavy atom. The van der Waals surface area contributed by atoms with E-state index in [-0.39, 0.29) is 17.4 Å². The first kappa shape index (κ1) is 30.7. The molecule has 0 aliphatic rings. The highest BCUT2D eigenvalue weighted by Crippen LogP contribution is 2.37. The maximum absolute atomic E-state index is 13.9. The zero-order valence-corrected chi connectivity index (χ0v) is 26.3. The van der Waals surface area contributed by atoms with Crippen LogP contribution in [0.4, 0.5) is 14.9 Å². The van der Waals surface area contributed by atoms with Crippen molar-refractivity contribution in [2.45, 2.75) is 46.8 Å². The number of halogens is 1. The highest BCUT2D eigenvalue weighted by molar-refractivity contribution is 7.92. The summed E-state index contributed by atoms with van der Waals surface area (Å²) in [5.41, 5.74) is 4.74. The van der Waals surface area contributed by atoms with Crippen molar-refractivity contribution in [1.29, 1.82) is 0 Å². The van der Waals surface area contributed by atoms with Gasteiger partial charge in [-0.1, -0.05) is 12.1 Å².